The minimum absolute atomic E-state index is 0.0332. The maximum atomic E-state index is 14.3. The molecule has 0 spiro atoms. The van der Waals surface area contributed by atoms with Crippen LogP contribution in [0.4, 0.5) is 21.5 Å². The Morgan fingerprint density at radius 2 is 1.96 bits per heavy atom. The van der Waals surface area contributed by atoms with Crippen LogP contribution in [0.25, 0.3) is 5.70 Å². The summed E-state index contributed by atoms with van der Waals surface area (Å²) in [6.07, 6.45) is 0.704. The number of fused-ring (bicyclic) bond motifs is 1. The van der Waals surface area contributed by atoms with Gasteiger partial charge in [0.2, 0.25) is 0 Å². The minimum Gasteiger partial charge on any atom is -0.398 e. The third-order valence-corrected chi connectivity index (χ3v) is 4.08. The van der Waals surface area contributed by atoms with Gasteiger partial charge in [-0.2, -0.15) is 0 Å². The number of hydrogen-bond donors (Lipinski definition) is 4. The summed E-state index contributed by atoms with van der Waals surface area (Å²) in [5.74, 6) is -0.526. The number of nitrogens with one attached hydrogen (secondary N) is 3. The lowest BCUT2D eigenvalue weighted by molar-refractivity contribution is -0.105. The summed E-state index contributed by atoms with van der Waals surface area (Å²) < 4.78 is 14.3. The maximum Gasteiger partial charge on any atom is 0.152 e. The Hall–Kier alpha value is -3.35. The van der Waals surface area contributed by atoms with Gasteiger partial charge >= 0.3 is 0 Å². The largest absolute Gasteiger partial charge is 0.398 e. The second-order valence-corrected chi connectivity index (χ2v) is 5.54. The molecule has 0 aromatic heterocycles. The molecule has 5 N–H and O–H groups in total. The zero-order chi connectivity index (χ0) is 18.0. The predicted octanol–water partition coefficient (Wildman–Crippen LogP) is 2.41. The molecule has 1 heterocycles. The lowest BCUT2D eigenvalue weighted by Crippen LogP contribution is -2.28. The maximum absolute atomic E-state index is 14.3. The number of rotatable bonds is 5. The molecular formula is C18H17FN4O2. The van der Waals surface area contributed by atoms with Crippen molar-refractivity contribution in [1.82, 2.24) is 0 Å². The molecule has 128 valence electrons. The van der Waals surface area contributed by atoms with Gasteiger partial charge in [0.15, 0.2) is 6.29 Å². The molecule has 0 saturated heterocycles. The van der Waals surface area contributed by atoms with E-state index < -0.39 is 12.0 Å². The van der Waals surface area contributed by atoms with Crippen LogP contribution in [-0.2, 0) is 4.79 Å². The van der Waals surface area contributed by atoms with Crippen molar-refractivity contribution in [2.24, 2.45) is 5.73 Å². The number of carbonyl (C=O) groups excluding carboxylic acids is 2. The highest BCUT2D eigenvalue weighted by atomic mass is 19.1. The Labute approximate surface area is 143 Å². The van der Waals surface area contributed by atoms with Crippen molar-refractivity contribution in [2.75, 3.05) is 23.0 Å². The fourth-order valence-electron chi connectivity index (χ4n) is 2.82. The van der Waals surface area contributed by atoms with Gasteiger partial charge in [-0.3, -0.25) is 9.59 Å². The Bertz CT molecular complexity index is 879. The summed E-state index contributed by atoms with van der Waals surface area (Å²) in [4.78, 5) is 22.6. The number of benzene rings is 2. The standard InChI is InChI=1S/C18H17FN4O2/c1-21-14-4-2-3-12(19)16(14)17(20)11(9-25)18-22-13-6-5-10(8-24)7-15(13)23-18/h2-9,18,21-23H,20H2,1H3/b17-11-. The summed E-state index contributed by atoms with van der Waals surface area (Å²) in [5.41, 5.74) is 8.86. The molecule has 2 aromatic carbocycles. The van der Waals surface area contributed by atoms with Crippen LogP contribution in [0.3, 0.4) is 0 Å². The van der Waals surface area contributed by atoms with Crippen LogP contribution in [0.1, 0.15) is 15.9 Å². The fourth-order valence-corrected chi connectivity index (χ4v) is 2.82. The number of hydrogen-bond acceptors (Lipinski definition) is 6. The molecule has 0 fully saturated rings. The SMILES string of the molecule is CNc1cccc(F)c1/C(N)=C(\C=O)C1Nc2ccc(C=O)cc2N1. The van der Waals surface area contributed by atoms with Crippen molar-refractivity contribution in [2.45, 2.75) is 6.17 Å². The summed E-state index contributed by atoms with van der Waals surface area (Å²) in [6.45, 7) is 0. The highest BCUT2D eigenvalue weighted by Gasteiger charge is 2.26. The summed E-state index contributed by atoms with van der Waals surface area (Å²) >= 11 is 0. The highest BCUT2D eigenvalue weighted by Crippen LogP contribution is 2.34. The van der Waals surface area contributed by atoms with E-state index in [1.807, 2.05) is 0 Å². The van der Waals surface area contributed by atoms with Crippen molar-refractivity contribution in [1.29, 1.82) is 0 Å². The van der Waals surface area contributed by atoms with Gasteiger partial charge in [0, 0.05) is 18.3 Å². The van der Waals surface area contributed by atoms with Crippen LogP contribution in [0.15, 0.2) is 42.0 Å². The van der Waals surface area contributed by atoms with Gasteiger partial charge in [-0.25, -0.2) is 4.39 Å². The van der Waals surface area contributed by atoms with Gasteiger partial charge in [-0.1, -0.05) is 6.07 Å². The van der Waals surface area contributed by atoms with Crippen molar-refractivity contribution in [3.63, 3.8) is 0 Å². The molecule has 1 atom stereocenters. The predicted molar refractivity (Wildman–Crippen MR) is 96.0 cm³/mol. The van der Waals surface area contributed by atoms with Gasteiger partial charge in [0.05, 0.1) is 28.2 Å². The van der Waals surface area contributed by atoms with E-state index in [2.05, 4.69) is 16.0 Å². The zero-order valence-electron chi connectivity index (χ0n) is 13.5. The molecule has 25 heavy (non-hydrogen) atoms. The van der Waals surface area contributed by atoms with Crippen molar-refractivity contribution in [3.05, 3.63) is 58.9 Å². The first-order chi connectivity index (χ1) is 12.1. The van der Waals surface area contributed by atoms with E-state index in [9.17, 15) is 14.0 Å². The molecule has 1 aliphatic heterocycles. The van der Waals surface area contributed by atoms with Gasteiger partial charge in [-0.15, -0.1) is 0 Å². The normalized spacial score (nSPS) is 16.2. The Kier molecular flexibility index (Phi) is 4.38. The molecule has 1 unspecified atom stereocenters. The van der Waals surface area contributed by atoms with Crippen LogP contribution in [0.2, 0.25) is 0 Å². The smallest absolute Gasteiger partial charge is 0.152 e. The first-order valence-electron chi connectivity index (χ1n) is 7.62. The Morgan fingerprint density at radius 1 is 1.20 bits per heavy atom. The molecule has 3 rings (SSSR count). The van der Waals surface area contributed by atoms with E-state index in [0.717, 1.165) is 12.0 Å². The topological polar surface area (TPSA) is 96.2 Å². The van der Waals surface area contributed by atoms with Gasteiger partial charge < -0.3 is 21.7 Å². The van der Waals surface area contributed by atoms with Crippen molar-refractivity contribution >= 4 is 35.3 Å². The summed E-state index contributed by atoms with van der Waals surface area (Å²) in [7, 11) is 1.65. The van der Waals surface area contributed by atoms with E-state index in [4.69, 9.17) is 5.73 Å². The van der Waals surface area contributed by atoms with Gasteiger partial charge in [0.25, 0.3) is 0 Å². The van der Waals surface area contributed by atoms with Crippen LogP contribution in [0, 0.1) is 5.82 Å². The fraction of sp³-hybridized carbons (Fsp3) is 0.111. The molecule has 0 saturated carbocycles. The monoisotopic (exact) mass is 340 g/mol. The molecule has 6 nitrogen and oxygen atoms in total. The Morgan fingerprint density at radius 3 is 2.64 bits per heavy atom. The van der Waals surface area contributed by atoms with E-state index in [1.54, 1.807) is 37.4 Å². The number of nitrogens with two attached hydrogens (primary N) is 1. The molecule has 0 bridgehead atoms. The average Bonchev–Trinajstić information content (AvgIpc) is 3.04. The molecule has 0 radical (unpaired) electrons. The van der Waals surface area contributed by atoms with E-state index in [-0.39, 0.29) is 16.8 Å². The quantitative estimate of drug-likeness (QED) is 0.493. The first kappa shape index (κ1) is 16.5. The summed E-state index contributed by atoms with van der Waals surface area (Å²) in [6, 6.07) is 9.57. The van der Waals surface area contributed by atoms with E-state index in [0.29, 0.717) is 23.2 Å². The molecular weight excluding hydrogens is 323 g/mol. The third-order valence-electron chi connectivity index (χ3n) is 4.08. The first-order valence-corrected chi connectivity index (χ1v) is 7.62. The lowest BCUT2D eigenvalue weighted by Gasteiger charge is -2.17. The van der Waals surface area contributed by atoms with Gasteiger partial charge in [0.1, 0.15) is 18.3 Å². The van der Waals surface area contributed by atoms with Crippen LogP contribution >= 0.6 is 0 Å². The van der Waals surface area contributed by atoms with Crippen LogP contribution < -0.4 is 21.7 Å². The third kappa shape index (κ3) is 2.91. The zero-order valence-corrected chi connectivity index (χ0v) is 13.5. The van der Waals surface area contributed by atoms with Crippen LogP contribution in [0.5, 0.6) is 0 Å². The Balaban J connectivity index is 2.02. The lowest BCUT2D eigenvalue weighted by atomic mass is 10.0. The molecule has 0 amide bonds. The van der Waals surface area contributed by atoms with Crippen molar-refractivity contribution < 1.29 is 14.0 Å². The average molecular weight is 340 g/mol. The number of carbonyl (C=O) groups is 2. The van der Waals surface area contributed by atoms with E-state index >= 15 is 0 Å². The molecule has 7 heteroatoms. The second-order valence-electron chi connectivity index (χ2n) is 5.54. The molecule has 0 aliphatic carbocycles. The molecule has 1 aliphatic rings. The molecule has 2 aromatic rings. The summed E-state index contributed by atoms with van der Waals surface area (Å²) in [5, 5.41) is 9.06. The van der Waals surface area contributed by atoms with Crippen molar-refractivity contribution in [3.8, 4) is 0 Å². The van der Waals surface area contributed by atoms with Gasteiger partial charge in [-0.05, 0) is 30.3 Å². The minimum atomic E-state index is -0.626. The number of halogens is 1. The number of anilines is 3. The van der Waals surface area contributed by atoms with Crippen LogP contribution in [-0.4, -0.2) is 25.8 Å². The number of aldehydes is 2. The second kappa shape index (κ2) is 6.64. The van der Waals surface area contributed by atoms with E-state index in [1.165, 1.54) is 6.07 Å². The highest BCUT2D eigenvalue weighted by molar-refractivity contribution is 5.95.